The Morgan fingerprint density at radius 2 is 2.15 bits per heavy atom. The summed E-state index contributed by atoms with van der Waals surface area (Å²) in [4.78, 5) is 11.2. The molecule has 2 heterocycles. The van der Waals surface area contributed by atoms with Crippen molar-refractivity contribution in [3.05, 3.63) is 0 Å². The van der Waals surface area contributed by atoms with Crippen LogP contribution in [0.15, 0.2) is 0 Å². The van der Waals surface area contributed by atoms with Crippen LogP contribution in [-0.4, -0.2) is 41.8 Å². The number of aliphatic hydroxyl groups is 1. The highest BCUT2D eigenvalue weighted by atomic mass is 16.8. The Morgan fingerprint density at radius 1 is 1.46 bits per heavy atom. The maximum absolute atomic E-state index is 11.2. The van der Waals surface area contributed by atoms with E-state index in [9.17, 15) is 4.79 Å². The lowest BCUT2D eigenvalue weighted by molar-refractivity contribution is -0.188. The maximum Gasteiger partial charge on any atom is 0.338 e. The van der Waals surface area contributed by atoms with Gasteiger partial charge in [-0.3, -0.25) is 0 Å². The topological polar surface area (TPSA) is 65.0 Å². The summed E-state index contributed by atoms with van der Waals surface area (Å²) in [6.45, 7) is 3.23. The number of hydrogen-bond acceptors (Lipinski definition) is 5. The molecule has 0 amide bonds. The van der Waals surface area contributed by atoms with Crippen LogP contribution in [0.2, 0.25) is 0 Å². The fourth-order valence-corrected chi connectivity index (χ4v) is 1.67. The highest BCUT2D eigenvalue weighted by Gasteiger charge is 2.55. The number of hydrogen-bond donors (Lipinski definition) is 1. The summed E-state index contributed by atoms with van der Waals surface area (Å²) < 4.78 is 15.6. The van der Waals surface area contributed by atoms with Crippen LogP contribution in [0.5, 0.6) is 0 Å². The third-order valence-electron chi connectivity index (χ3n) is 2.18. The normalized spacial score (nSPS) is 41.8. The Hall–Kier alpha value is -0.650. The fraction of sp³-hybridized carbons (Fsp3) is 0.875. The third kappa shape index (κ3) is 1.33. The molecule has 0 radical (unpaired) electrons. The summed E-state index contributed by atoms with van der Waals surface area (Å²) in [6, 6.07) is 0. The molecule has 2 aliphatic rings. The van der Waals surface area contributed by atoms with Gasteiger partial charge in [-0.2, -0.15) is 0 Å². The number of esters is 1. The lowest BCUT2D eigenvalue weighted by Gasteiger charge is -2.20. The van der Waals surface area contributed by atoms with Gasteiger partial charge in [0.05, 0.1) is 6.61 Å². The van der Waals surface area contributed by atoms with Gasteiger partial charge in [0.15, 0.2) is 18.0 Å². The Bertz CT molecular complexity index is 237. The van der Waals surface area contributed by atoms with Crippen LogP contribution in [0.4, 0.5) is 0 Å². The minimum atomic E-state index is -0.762. The van der Waals surface area contributed by atoms with Crippen molar-refractivity contribution in [3.8, 4) is 0 Å². The number of fused-ring (bicyclic) bond motifs is 1. The minimum Gasteiger partial charge on any atom is -0.455 e. The van der Waals surface area contributed by atoms with Crippen molar-refractivity contribution in [1.29, 1.82) is 0 Å². The number of cyclic esters (lactones) is 1. The van der Waals surface area contributed by atoms with Gasteiger partial charge in [-0.05, 0) is 13.8 Å². The van der Waals surface area contributed by atoms with Gasteiger partial charge in [-0.1, -0.05) is 0 Å². The average Bonchev–Trinajstić information content (AvgIpc) is 2.47. The predicted octanol–water partition coefficient (Wildman–Crippen LogP) is -0.576. The zero-order valence-electron chi connectivity index (χ0n) is 7.52. The summed E-state index contributed by atoms with van der Waals surface area (Å²) in [6.07, 6.45) is -1.72. The lowest BCUT2D eigenvalue weighted by Crippen LogP contribution is -2.31. The van der Waals surface area contributed by atoms with Crippen molar-refractivity contribution in [2.45, 2.75) is 37.9 Å². The second kappa shape index (κ2) is 2.67. The second-order valence-electron chi connectivity index (χ2n) is 3.68. The van der Waals surface area contributed by atoms with Crippen LogP contribution in [0, 0.1) is 0 Å². The van der Waals surface area contributed by atoms with E-state index in [0.717, 1.165) is 0 Å². The molecule has 0 aromatic rings. The largest absolute Gasteiger partial charge is 0.455 e. The van der Waals surface area contributed by atoms with Crippen LogP contribution in [0.25, 0.3) is 0 Å². The van der Waals surface area contributed by atoms with Crippen molar-refractivity contribution < 1.29 is 24.1 Å². The highest BCUT2D eigenvalue weighted by Crippen LogP contribution is 2.35. The predicted molar refractivity (Wildman–Crippen MR) is 40.8 cm³/mol. The molecule has 74 valence electrons. The number of carbonyl (C=O) groups is 1. The average molecular weight is 188 g/mol. The summed E-state index contributed by atoms with van der Waals surface area (Å²) in [7, 11) is 0. The van der Waals surface area contributed by atoms with E-state index < -0.39 is 30.1 Å². The molecule has 0 aliphatic carbocycles. The van der Waals surface area contributed by atoms with Gasteiger partial charge in [0.2, 0.25) is 0 Å². The Morgan fingerprint density at radius 3 is 2.77 bits per heavy atom. The van der Waals surface area contributed by atoms with Crippen molar-refractivity contribution in [1.82, 2.24) is 0 Å². The van der Waals surface area contributed by atoms with Crippen molar-refractivity contribution in [2.75, 3.05) is 6.61 Å². The van der Waals surface area contributed by atoms with E-state index >= 15 is 0 Å². The molecular weight excluding hydrogens is 176 g/mol. The maximum atomic E-state index is 11.2. The lowest BCUT2D eigenvalue weighted by atomic mass is 10.1. The van der Waals surface area contributed by atoms with Crippen LogP contribution in [0.3, 0.4) is 0 Å². The first kappa shape index (κ1) is 8.93. The molecule has 0 aromatic carbocycles. The number of aliphatic hydroxyl groups excluding tert-OH is 1. The van der Waals surface area contributed by atoms with E-state index in [4.69, 9.17) is 19.3 Å². The number of carbonyl (C=O) groups excluding carboxylic acids is 1. The molecular formula is C8H12O5. The van der Waals surface area contributed by atoms with Gasteiger partial charge >= 0.3 is 5.97 Å². The number of ether oxygens (including phenoxy) is 3. The molecule has 2 rings (SSSR count). The van der Waals surface area contributed by atoms with E-state index in [1.165, 1.54) is 0 Å². The molecule has 2 saturated heterocycles. The molecule has 0 bridgehead atoms. The first-order valence-electron chi connectivity index (χ1n) is 4.20. The monoisotopic (exact) mass is 188 g/mol. The molecule has 5 heteroatoms. The highest BCUT2D eigenvalue weighted by molar-refractivity contribution is 5.78. The van der Waals surface area contributed by atoms with Gasteiger partial charge in [0, 0.05) is 0 Å². The van der Waals surface area contributed by atoms with E-state index in [0.29, 0.717) is 0 Å². The molecule has 0 spiro atoms. The minimum absolute atomic E-state index is 0.230. The Kier molecular flexibility index (Phi) is 1.83. The SMILES string of the molecule is CC1(C)O[C@@H]2[C@H](O1)C(=O)O[C@@H]2CO. The standard InChI is InChI=1S/C8H12O5/c1-8(2)12-5-4(3-9)11-7(10)6(5)13-8/h4-6,9H,3H2,1-2H3/t4-,5+,6+/m1/s1. The quantitative estimate of drug-likeness (QED) is 0.558. The first-order chi connectivity index (χ1) is 6.03. The number of rotatable bonds is 1. The molecule has 13 heavy (non-hydrogen) atoms. The van der Waals surface area contributed by atoms with E-state index in [2.05, 4.69) is 0 Å². The third-order valence-corrected chi connectivity index (χ3v) is 2.18. The van der Waals surface area contributed by atoms with Crippen LogP contribution in [-0.2, 0) is 19.0 Å². The zero-order chi connectivity index (χ0) is 9.64. The van der Waals surface area contributed by atoms with Crippen LogP contribution < -0.4 is 0 Å². The van der Waals surface area contributed by atoms with Gasteiger partial charge in [-0.25, -0.2) is 4.79 Å². The van der Waals surface area contributed by atoms with E-state index in [-0.39, 0.29) is 6.61 Å². The first-order valence-corrected chi connectivity index (χ1v) is 4.20. The molecule has 2 aliphatic heterocycles. The van der Waals surface area contributed by atoms with Gasteiger partial charge in [0.1, 0.15) is 6.10 Å². The van der Waals surface area contributed by atoms with Crippen LogP contribution in [0.1, 0.15) is 13.8 Å². The molecule has 3 atom stereocenters. The smallest absolute Gasteiger partial charge is 0.338 e. The Labute approximate surface area is 75.6 Å². The van der Waals surface area contributed by atoms with Crippen molar-refractivity contribution in [3.63, 3.8) is 0 Å². The molecule has 5 nitrogen and oxygen atoms in total. The summed E-state index contributed by atoms with van der Waals surface area (Å²) in [5.74, 6) is -1.21. The van der Waals surface area contributed by atoms with Gasteiger partial charge < -0.3 is 19.3 Å². The summed E-state index contributed by atoms with van der Waals surface area (Å²) >= 11 is 0. The van der Waals surface area contributed by atoms with Crippen molar-refractivity contribution >= 4 is 5.97 Å². The zero-order valence-corrected chi connectivity index (χ0v) is 7.52. The molecule has 2 fully saturated rings. The molecule has 0 saturated carbocycles. The second-order valence-corrected chi connectivity index (χ2v) is 3.68. The van der Waals surface area contributed by atoms with E-state index in [1.54, 1.807) is 13.8 Å². The van der Waals surface area contributed by atoms with Crippen LogP contribution >= 0.6 is 0 Å². The van der Waals surface area contributed by atoms with Gasteiger partial charge in [-0.15, -0.1) is 0 Å². The molecule has 0 unspecified atom stereocenters. The Balaban J connectivity index is 2.17. The molecule has 1 N–H and O–H groups in total. The van der Waals surface area contributed by atoms with Crippen molar-refractivity contribution in [2.24, 2.45) is 0 Å². The summed E-state index contributed by atoms with van der Waals surface area (Å²) in [5, 5.41) is 8.89. The van der Waals surface area contributed by atoms with Gasteiger partial charge in [0.25, 0.3) is 0 Å². The summed E-state index contributed by atoms with van der Waals surface area (Å²) in [5.41, 5.74) is 0. The molecule has 0 aromatic heterocycles. The fourth-order valence-electron chi connectivity index (χ4n) is 1.67. The van der Waals surface area contributed by atoms with E-state index in [1.807, 2.05) is 0 Å².